The van der Waals surface area contributed by atoms with E-state index in [2.05, 4.69) is 26.0 Å². The van der Waals surface area contributed by atoms with E-state index in [0.717, 1.165) is 10.5 Å². The maximum atomic E-state index is 12.1. The third-order valence-electron chi connectivity index (χ3n) is 3.19. The van der Waals surface area contributed by atoms with Crippen molar-refractivity contribution in [2.45, 2.75) is 25.7 Å². The van der Waals surface area contributed by atoms with Crippen molar-refractivity contribution in [3.05, 3.63) is 64.7 Å². The van der Waals surface area contributed by atoms with Crippen molar-refractivity contribution in [2.75, 3.05) is 5.75 Å². The first kappa shape index (κ1) is 13.9. The minimum atomic E-state index is 0.189. The van der Waals surface area contributed by atoms with Crippen LogP contribution in [0.3, 0.4) is 0 Å². The van der Waals surface area contributed by atoms with Gasteiger partial charge in [-0.15, -0.1) is 11.8 Å². The van der Waals surface area contributed by atoms with Gasteiger partial charge in [0.15, 0.2) is 5.78 Å². The molecule has 1 nitrogen and oxygen atoms in total. The number of rotatable bonds is 4. The molecule has 2 rings (SSSR count). The second kappa shape index (κ2) is 6.07. The molecule has 0 fully saturated rings. The van der Waals surface area contributed by atoms with Gasteiger partial charge in [0.05, 0.1) is 5.75 Å². The van der Waals surface area contributed by atoms with Crippen LogP contribution in [-0.4, -0.2) is 11.5 Å². The zero-order valence-electron chi connectivity index (χ0n) is 11.6. The Morgan fingerprint density at radius 2 is 1.79 bits per heavy atom. The highest BCUT2D eigenvalue weighted by Gasteiger charge is 2.07. The molecule has 19 heavy (non-hydrogen) atoms. The lowest BCUT2D eigenvalue weighted by atomic mass is 10.0. The van der Waals surface area contributed by atoms with E-state index in [0.29, 0.717) is 5.75 Å². The van der Waals surface area contributed by atoms with Gasteiger partial charge in [0.25, 0.3) is 0 Å². The van der Waals surface area contributed by atoms with Crippen LogP contribution in [0, 0.1) is 20.8 Å². The normalized spacial score (nSPS) is 10.5. The molecular weight excluding hydrogens is 252 g/mol. The van der Waals surface area contributed by atoms with E-state index in [4.69, 9.17) is 0 Å². The van der Waals surface area contributed by atoms with E-state index in [1.165, 1.54) is 16.7 Å². The number of thioether (sulfide) groups is 1. The molecule has 0 saturated carbocycles. The van der Waals surface area contributed by atoms with Crippen LogP contribution in [-0.2, 0) is 0 Å². The van der Waals surface area contributed by atoms with Crippen molar-refractivity contribution in [1.82, 2.24) is 0 Å². The quantitative estimate of drug-likeness (QED) is 0.597. The predicted molar refractivity (Wildman–Crippen MR) is 82.1 cm³/mol. The summed E-state index contributed by atoms with van der Waals surface area (Å²) in [4.78, 5) is 13.3. The van der Waals surface area contributed by atoms with Crippen molar-refractivity contribution in [3.63, 3.8) is 0 Å². The number of hydrogen-bond acceptors (Lipinski definition) is 2. The largest absolute Gasteiger partial charge is 0.293 e. The fraction of sp³-hybridized carbons (Fsp3) is 0.235. The van der Waals surface area contributed by atoms with Crippen molar-refractivity contribution in [3.8, 4) is 0 Å². The van der Waals surface area contributed by atoms with Crippen LogP contribution in [0.5, 0.6) is 0 Å². The van der Waals surface area contributed by atoms with Gasteiger partial charge in [-0.25, -0.2) is 0 Å². The molecule has 2 heteroatoms. The number of Topliss-reactive ketones (excluding diaryl/α,β-unsaturated/α-hetero) is 1. The van der Waals surface area contributed by atoms with E-state index < -0.39 is 0 Å². The molecule has 0 N–H and O–H groups in total. The smallest absolute Gasteiger partial charge is 0.173 e. The van der Waals surface area contributed by atoms with Gasteiger partial charge < -0.3 is 0 Å². The molecule has 2 aromatic rings. The predicted octanol–water partition coefficient (Wildman–Crippen LogP) is 4.59. The molecule has 0 aromatic heterocycles. The molecule has 0 aliphatic carbocycles. The summed E-state index contributed by atoms with van der Waals surface area (Å²) >= 11 is 1.60. The Kier molecular flexibility index (Phi) is 4.43. The molecule has 98 valence electrons. The summed E-state index contributed by atoms with van der Waals surface area (Å²) in [5, 5.41) is 0. The molecule has 0 saturated heterocycles. The van der Waals surface area contributed by atoms with Crippen molar-refractivity contribution >= 4 is 17.5 Å². The summed E-state index contributed by atoms with van der Waals surface area (Å²) in [5.74, 6) is 0.681. The summed E-state index contributed by atoms with van der Waals surface area (Å²) in [6.07, 6.45) is 0. The third-order valence-corrected chi connectivity index (χ3v) is 4.18. The number of carbonyl (C=O) groups is 1. The lowest BCUT2D eigenvalue weighted by molar-refractivity contribution is 0.102. The van der Waals surface area contributed by atoms with E-state index in [-0.39, 0.29) is 5.78 Å². The minimum absolute atomic E-state index is 0.189. The van der Waals surface area contributed by atoms with Gasteiger partial charge in [0, 0.05) is 10.5 Å². The molecule has 0 spiro atoms. The molecule has 0 heterocycles. The van der Waals surface area contributed by atoms with Crippen molar-refractivity contribution in [1.29, 1.82) is 0 Å². The van der Waals surface area contributed by atoms with Gasteiger partial charge in [-0.1, -0.05) is 29.8 Å². The average molecular weight is 270 g/mol. The van der Waals surface area contributed by atoms with E-state index in [9.17, 15) is 4.79 Å². The molecule has 0 unspecified atom stereocenters. The number of hydrogen-bond donors (Lipinski definition) is 0. The van der Waals surface area contributed by atoms with Crippen LogP contribution in [0.15, 0.2) is 47.4 Å². The van der Waals surface area contributed by atoms with E-state index in [1.54, 1.807) is 11.8 Å². The van der Waals surface area contributed by atoms with Gasteiger partial charge >= 0.3 is 0 Å². The number of aryl methyl sites for hydroxylation is 3. The third kappa shape index (κ3) is 3.71. The van der Waals surface area contributed by atoms with Crippen LogP contribution in [0.4, 0.5) is 0 Å². The average Bonchev–Trinajstić information content (AvgIpc) is 2.39. The fourth-order valence-electron chi connectivity index (χ4n) is 1.85. The first-order valence-corrected chi connectivity index (χ1v) is 7.35. The highest BCUT2D eigenvalue weighted by molar-refractivity contribution is 8.00. The SMILES string of the molecule is Cc1cccc(SCC(=O)c2ccc(C)c(C)c2)c1. The van der Waals surface area contributed by atoms with Gasteiger partial charge in [-0.2, -0.15) is 0 Å². The van der Waals surface area contributed by atoms with Crippen LogP contribution in [0.25, 0.3) is 0 Å². The molecule has 0 amide bonds. The van der Waals surface area contributed by atoms with Crippen LogP contribution in [0.2, 0.25) is 0 Å². The summed E-state index contributed by atoms with van der Waals surface area (Å²) in [6.45, 7) is 6.17. The molecule has 0 atom stereocenters. The Labute approximate surface area is 119 Å². The molecule has 0 bridgehead atoms. The summed E-state index contributed by atoms with van der Waals surface area (Å²) in [5.41, 5.74) is 4.43. The topological polar surface area (TPSA) is 17.1 Å². The van der Waals surface area contributed by atoms with Crippen molar-refractivity contribution in [2.24, 2.45) is 0 Å². The first-order chi connectivity index (χ1) is 9.06. The van der Waals surface area contributed by atoms with Gasteiger partial charge in [-0.3, -0.25) is 4.79 Å². The van der Waals surface area contributed by atoms with Crippen LogP contribution in [0.1, 0.15) is 27.0 Å². The summed E-state index contributed by atoms with van der Waals surface area (Å²) < 4.78 is 0. The van der Waals surface area contributed by atoms with Gasteiger partial charge in [-0.05, 0) is 50.1 Å². The standard InChI is InChI=1S/C17H18OS/c1-12-5-4-6-16(9-12)19-11-17(18)15-8-7-13(2)14(3)10-15/h4-10H,11H2,1-3H3. The highest BCUT2D eigenvalue weighted by atomic mass is 32.2. The number of ketones is 1. The maximum absolute atomic E-state index is 12.1. The summed E-state index contributed by atoms with van der Waals surface area (Å²) in [6, 6.07) is 14.2. The zero-order valence-corrected chi connectivity index (χ0v) is 12.4. The Bertz CT molecular complexity index is 602. The van der Waals surface area contributed by atoms with Crippen LogP contribution >= 0.6 is 11.8 Å². The highest BCUT2D eigenvalue weighted by Crippen LogP contribution is 2.20. The lowest BCUT2D eigenvalue weighted by Crippen LogP contribution is -2.03. The lowest BCUT2D eigenvalue weighted by Gasteiger charge is -2.05. The monoisotopic (exact) mass is 270 g/mol. The minimum Gasteiger partial charge on any atom is -0.293 e. The van der Waals surface area contributed by atoms with Gasteiger partial charge in [0.2, 0.25) is 0 Å². The van der Waals surface area contributed by atoms with Gasteiger partial charge in [0.1, 0.15) is 0 Å². The number of benzene rings is 2. The Balaban J connectivity index is 2.03. The van der Waals surface area contributed by atoms with Crippen molar-refractivity contribution < 1.29 is 4.79 Å². The maximum Gasteiger partial charge on any atom is 0.173 e. The Hall–Kier alpha value is -1.54. The second-order valence-electron chi connectivity index (χ2n) is 4.83. The molecule has 2 aromatic carbocycles. The Morgan fingerprint density at radius 3 is 2.47 bits per heavy atom. The zero-order chi connectivity index (χ0) is 13.8. The Morgan fingerprint density at radius 1 is 1.00 bits per heavy atom. The second-order valence-corrected chi connectivity index (χ2v) is 5.88. The molecular formula is C17H18OS. The number of carbonyl (C=O) groups excluding carboxylic acids is 1. The molecule has 0 aliphatic heterocycles. The van der Waals surface area contributed by atoms with E-state index in [1.807, 2.05) is 37.3 Å². The first-order valence-electron chi connectivity index (χ1n) is 6.36. The van der Waals surface area contributed by atoms with E-state index >= 15 is 0 Å². The summed E-state index contributed by atoms with van der Waals surface area (Å²) in [7, 11) is 0. The fourth-order valence-corrected chi connectivity index (χ4v) is 2.76. The van der Waals surface area contributed by atoms with Crippen LogP contribution < -0.4 is 0 Å². The molecule has 0 aliphatic rings. The molecule has 0 radical (unpaired) electrons.